The van der Waals surface area contributed by atoms with Gasteiger partial charge in [-0.05, 0) is 103 Å². The molecular formula is C67H114O5. The van der Waals surface area contributed by atoms with Gasteiger partial charge in [0.15, 0.2) is 6.10 Å². The molecule has 72 heavy (non-hydrogen) atoms. The van der Waals surface area contributed by atoms with Crippen LogP contribution in [0.3, 0.4) is 0 Å². The highest BCUT2D eigenvalue weighted by Gasteiger charge is 2.16. The minimum absolute atomic E-state index is 0.0835. The molecule has 0 amide bonds. The van der Waals surface area contributed by atoms with Gasteiger partial charge in [-0.3, -0.25) is 9.59 Å². The average molecular weight is 1000 g/mol. The topological polar surface area (TPSA) is 72.8 Å². The summed E-state index contributed by atoms with van der Waals surface area (Å²) in [5.74, 6) is -0.626. The second-order valence-corrected chi connectivity index (χ2v) is 20.0. The maximum atomic E-state index is 12.3. The Morgan fingerprint density at radius 1 is 0.333 bits per heavy atom. The summed E-state index contributed by atoms with van der Waals surface area (Å²) < 4.78 is 10.7. The number of unbranched alkanes of at least 4 members (excludes halogenated alkanes) is 29. The van der Waals surface area contributed by atoms with E-state index in [4.69, 9.17) is 9.47 Å². The van der Waals surface area contributed by atoms with Crippen LogP contribution >= 0.6 is 0 Å². The van der Waals surface area contributed by atoms with Crippen LogP contribution in [-0.4, -0.2) is 36.4 Å². The number of aliphatic hydroxyl groups excluding tert-OH is 1. The molecule has 0 aromatic carbocycles. The molecule has 0 saturated carbocycles. The molecule has 1 N–H and O–H groups in total. The Morgan fingerprint density at radius 3 is 0.917 bits per heavy atom. The second kappa shape index (κ2) is 61.9. The zero-order chi connectivity index (χ0) is 52.0. The summed E-state index contributed by atoms with van der Waals surface area (Å²) in [6, 6.07) is 0. The Kier molecular flexibility index (Phi) is 58.9. The van der Waals surface area contributed by atoms with Gasteiger partial charge in [0.2, 0.25) is 0 Å². The number of rotatable bonds is 55. The van der Waals surface area contributed by atoms with E-state index in [0.717, 1.165) is 96.3 Å². The number of hydrogen-bond donors (Lipinski definition) is 1. The number of esters is 2. The molecule has 5 nitrogen and oxygen atoms in total. The van der Waals surface area contributed by atoms with E-state index in [-0.39, 0.29) is 25.2 Å². The molecule has 0 bridgehead atoms. The predicted octanol–water partition coefficient (Wildman–Crippen LogP) is 20.9. The van der Waals surface area contributed by atoms with Gasteiger partial charge in [-0.1, -0.05) is 277 Å². The van der Waals surface area contributed by atoms with E-state index in [1.807, 2.05) is 0 Å². The Labute approximate surface area is 446 Å². The van der Waals surface area contributed by atoms with Gasteiger partial charge in [-0.2, -0.15) is 0 Å². The molecule has 5 heteroatoms. The van der Waals surface area contributed by atoms with Crippen molar-refractivity contribution in [2.24, 2.45) is 0 Å². The summed E-state index contributed by atoms with van der Waals surface area (Å²) in [4.78, 5) is 24.6. The molecule has 412 valence electrons. The van der Waals surface area contributed by atoms with Crippen molar-refractivity contribution in [3.05, 3.63) is 109 Å². The number of aliphatic hydroxyl groups is 1. The summed E-state index contributed by atoms with van der Waals surface area (Å²) in [6.45, 7) is 4.01. The summed E-state index contributed by atoms with van der Waals surface area (Å²) in [5.41, 5.74) is 0. The van der Waals surface area contributed by atoms with Gasteiger partial charge >= 0.3 is 11.9 Å². The zero-order valence-electron chi connectivity index (χ0n) is 47.2. The van der Waals surface area contributed by atoms with Gasteiger partial charge in [0.1, 0.15) is 6.61 Å². The first-order chi connectivity index (χ1) is 35.6. The largest absolute Gasteiger partial charge is 0.462 e. The Morgan fingerprint density at radius 2 is 0.597 bits per heavy atom. The smallest absolute Gasteiger partial charge is 0.306 e. The molecule has 0 fully saturated rings. The van der Waals surface area contributed by atoms with Crippen LogP contribution in [0.2, 0.25) is 0 Å². The molecule has 0 saturated heterocycles. The first kappa shape index (κ1) is 68.6. The minimum atomic E-state index is -0.797. The summed E-state index contributed by atoms with van der Waals surface area (Å²) in [6.07, 6.45) is 89.4. The fourth-order valence-corrected chi connectivity index (χ4v) is 8.51. The first-order valence-electron chi connectivity index (χ1n) is 30.4. The summed E-state index contributed by atoms with van der Waals surface area (Å²) in [7, 11) is 0. The molecule has 0 spiro atoms. The fraction of sp³-hybridized carbons (Fsp3) is 0.701. The number of carbonyl (C=O) groups is 2. The fourth-order valence-electron chi connectivity index (χ4n) is 8.51. The van der Waals surface area contributed by atoms with Crippen molar-refractivity contribution in [3.8, 4) is 0 Å². The van der Waals surface area contributed by atoms with Crippen molar-refractivity contribution in [2.75, 3.05) is 13.2 Å². The maximum absolute atomic E-state index is 12.3. The quantitative estimate of drug-likeness (QED) is 0.0373. The number of hydrogen-bond acceptors (Lipinski definition) is 5. The van der Waals surface area contributed by atoms with Gasteiger partial charge < -0.3 is 14.6 Å². The van der Waals surface area contributed by atoms with Crippen molar-refractivity contribution in [1.82, 2.24) is 0 Å². The van der Waals surface area contributed by atoms with Crippen LogP contribution in [0.5, 0.6) is 0 Å². The molecule has 0 aliphatic carbocycles. The van der Waals surface area contributed by atoms with Crippen LogP contribution in [0.4, 0.5) is 0 Å². The Balaban J connectivity index is 3.52. The summed E-state index contributed by atoms with van der Waals surface area (Å²) >= 11 is 0. The third-order valence-electron chi connectivity index (χ3n) is 13.1. The van der Waals surface area contributed by atoms with Crippen LogP contribution in [-0.2, 0) is 19.1 Å². The lowest BCUT2D eigenvalue weighted by molar-refractivity contribution is -0.161. The molecule has 1 unspecified atom stereocenters. The molecule has 0 rings (SSSR count). The second-order valence-electron chi connectivity index (χ2n) is 20.0. The van der Waals surface area contributed by atoms with E-state index < -0.39 is 6.10 Å². The molecule has 0 radical (unpaired) electrons. The van der Waals surface area contributed by atoms with Gasteiger partial charge in [0.05, 0.1) is 6.61 Å². The highest BCUT2D eigenvalue weighted by molar-refractivity contribution is 5.70. The predicted molar refractivity (Wildman–Crippen MR) is 315 cm³/mol. The zero-order valence-corrected chi connectivity index (χ0v) is 47.2. The maximum Gasteiger partial charge on any atom is 0.306 e. The van der Waals surface area contributed by atoms with E-state index in [9.17, 15) is 14.7 Å². The lowest BCUT2D eigenvalue weighted by Crippen LogP contribution is -2.28. The van der Waals surface area contributed by atoms with Crippen molar-refractivity contribution in [3.63, 3.8) is 0 Å². The lowest BCUT2D eigenvalue weighted by atomic mass is 10.0. The third kappa shape index (κ3) is 59.1. The molecule has 0 aliphatic heterocycles. The molecule has 0 aromatic rings. The molecular weight excluding hydrogens is 885 g/mol. The number of carbonyl (C=O) groups excluding carboxylic acids is 2. The van der Waals surface area contributed by atoms with E-state index in [0.29, 0.717) is 12.8 Å². The third-order valence-corrected chi connectivity index (χ3v) is 13.1. The van der Waals surface area contributed by atoms with E-state index in [1.165, 1.54) is 161 Å². The van der Waals surface area contributed by atoms with E-state index in [1.54, 1.807) is 0 Å². The van der Waals surface area contributed by atoms with Crippen LogP contribution in [0.25, 0.3) is 0 Å². The van der Waals surface area contributed by atoms with Crippen LogP contribution in [0.15, 0.2) is 109 Å². The van der Waals surface area contributed by atoms with Gasteiger partial charge in [-0.15, -0.1) is 0 Å². The first-order valence-corrected chi connectivity index (χ1v) is 30.4. The standard InChI is InChI=1S/C67H114O5/c1-3-5-7-9-11-13-15-17-19-21-23-25-27-29-30-31-32-33-34-35-36-38-39-41-43-45-47-49-51-53-55-57-59-61-66(69)71-64-65(63-68)72-67(70)62-60-58-56-54-52-50-48-46-44-42-40-37-28-26-24-22-20-18-16-14-12-10-8-6-4-2/h6,8,12,14-15,17-18,20-21,23-24,26,37,40,44,46,50,52,65,68H,3-5,7,9-11,13,16,19,22,25,27-36,38-39,41-43,45,47-49,51,53-64H2,1-2H3/b8-6-,14-12-,17-15-,20-18-,23-21-,26-24-,40-37-,46-44-,52-50-. The van der Waals surface area contributed by atoms with Crippen LogP contribution in [0, 0.1) is 0 Å². The van der Waals surface area contributed by atoms with Crippen molar-refractivity contribution < 1.29 is 24.2 Å². The van der Waals surface area contributed by atoms with Gasteiger partial charge in [-0.25, -0.2) is 0 Å². The van der Waals surface area contributed by atoms with Gasteiger partial charge in [0, 0.05) is 12.8 Å². The highest BCUT2D eigenvalue weighted by Crippen LogP contribution is 2.16. The monoisotopic (exact) mass is 999 g/mol. The Bertz CT molecular complexity index is 1410. The minimum Gasteiger partial charge on any atom is -0.462 e. The molecule has 0 heterocycles. The van der Waals surface area contributed by atoms with E-state index in [2.05, 4.69) is 123 Å². The molecule has 0 aromatic heterocycles. The van der Waals surface area contributed by atoms with Gasteiger partial charge in [0.25, 0.3) is 0 Å². The number of ether oxygens (including phenoxy) is 2. The van der Waals surface area contributed by atoms with Crippen LogP contribution < -0.4 is 0 Å². The molecule has 0 aliphatic rings. The highest BCUT2D eigenvalue weighted by atomic mass is 16.6. The van der Waals surface area contributed by atoms with Crippen molar-refractivity contribution in [1.29, 1.82) is 0 Å². The summed E-state index contributed by atoms with van der Waals surface area (Å²) in [5, 5.41) is 9.66. The average Bonchev–Trinajstić information content (AvgIpc) is 3.38. The SMILES string of the molecule is CC/C=C\C/C=C\C/C=C\C/C=C\C/C=C\C/C=C\C/C=C\CCCCCC(=O)OC(CO)COC(=O)CCCCCCCCCCCCCCCCCCCCCCC/C=C\C/C=C\CCCCCCC. The van der Waals surface area contributed by atoms with E-state index >= 15 is 0 Å². The molecule has 1 atom stereocenters. The Hall–Kier alpha value is -3.44. The van der Waals surface area contributed by atoms with Crippen LogP contribution in [0.1, 0.15) is 284 Å². The number of allylic oxidation sites excluding steroid dienone is 18. The lowest BCUT2D eigenvalue weighted by Gasteiger charge is -2.15. The van der Waals surface area contributed by atoms with Crippen molar-refractivity contribution in [2.45, 2.75) is 290 Å². The normalized spacial score (nSPS) is 13.0. The van der Waals surface area contributed by atoms with Crippen molar-refractivity contribution >= 4 is 11.9 Å².